The molecule has 1 aliphatic heterocycles. The number of carbonyl (C=O) groups excluding carboxylic acids is 1. The molecule has 10 heteroatoms. The highest BCUT2D eigenvalue weighted by molar-refractivity contribution is 5.94. The van der Waals surface area contributed by atoms with Crippen LogP contribution in [0, 0.1) is 5.41 Å². The van der Waals surface area contributed by atoms with Crippen molar-refractivity contribution in [3.05, 3.63) is 77.6 Å². The molecule has 2 aromatic carbocycles. The first-order valence-electron chi connectivity index (χ1n) is 11.4. The van der Waals surface area contributed by atoms with Gasteiger partial charge in [0.25, 0.3) is 0 Å². The minimum atomic E-state index is -0.841. The van der Waals surface area contributed by atoms with E-state index in [1.165, 1.54) is 6.20 Å². The van der Waals surface area contributed by atoms with Crippen LogP contribution in [0.3, 0.4) is 0 Å². The molecule has 2 atom stereocenters. The highest BCUT2D eigenvalue weighted by Crippen LogP contribution is 2.25. The molecule has 2 heterocycles. The van der Waals surface area contributed by atoms with Gasteiger partial charge in [-0.2, -0.15) is 0 Å². The van der Waals surface area contributed by atoms with Gasteiger partial charge in [0.15, 0.2) is 17.7 Å². The van der Waals surface area contributed by atoms with E-state index in [4.69, 9.17) is 21.6 Å². The summed E-state index contributed by atoms with van der Waals surface area (Å²) in [6.07, 6.45) is 1.57. The maximum absolute atomic E-state index is 11.0. The third-order valence-electron chi connectivity index (χ3n) is 5.95. The fourth-order valence-corrected chi connectivity index (χ4v) is 3.94. The summed E-state index contributed by atoms with van der Waals surface area (Å²) in [5.41, 5.74) is 14.8. The number of carbonyl (C=O) groups is 1. The lowest BCUT2D eigenvalue weighted by Gasteiger charge is -2.26. The predicted octanol–water partition coefficient (Wildman–Crippen LogP) is 1.88. The molecule has 1 amide bonds. The van der Waals surface area contributed by atoms with Gasteiger partial charge in [-0.1, -0.05) is 54.6 Å². The first-order valence-corrected chi connectivity index (χ1v) is 11.4. The Labute approximate surface area is 203 Å². The van der Waals surface area contributed by atoms with Gasteiger partial charge in [0.1, 0.15) is 6.23 Å². The summed E-state index contributed by atoms with van der Waals surface area (Å²) in [5.74, 6) is -0.206. The molecule has 1 saturated heterocycles. The van der Waals surface area contributed by atoms with Crippen LogP contribution in [0.4, 0.5) is 5.82 Å². The van der Waals surface area contributed by atoms with Crippen molar-refractivity contribution in [3.63, 3.8) is 0 Å². The molecule has 3 aromatic rings. The third kappa shape index (κ3) is 5.80. The lowest BCUT2D eigenvalue weighted by Crippen LogP contribution is -2.33. The topological polar surface area (TPSA) is 155 Å². The standard InChI is InChI=1S/C25H29N7O3/c26-22-21(24(28)35-23(27)18-5-2-1-3-6-18)30-20(15-29-22)17-7-9-19(10-8-17)25(34)32-12-4-11-31(16-33)13-14-32/h1-3,5-10,15-16,23,25,28,34H,4,11-14,27H2,(H2,26,29). The summed E-state index contributed by atoms with van der Waals surface area (Å²) in [5, 5.41) is 19.2. The quantitative estimate of drug-likeness (QED) is 0.175. The normalized spacial score (nSPS) is 16.2. The van der Waals surface area contributed by atoms with Crippen molar-refractivity contribution < 1.29 is 14.6 Å². The predicted molar refractivity (Wildman–Crippen MR) is 132 cm³/mol. The second-order valence-corrected chi connectivity index (χ2v) is 8.29. The first kappa shape index (κ1) is 24.3. The zero-order chi connectivity index (χ0) is 24.8. The van der Waals surface area contributed by atoms with Gasteiger partial charge < -0.3 is 20.5 Å². The van der Waals surface area contributed by atoms with Crippen molar-refractivity contribution in [1.82, 2.24) is 19.8 Å². The molecule has 2 unspecified atom stereocenters. The fourth-order valence-electron chi connectivity index (χ4n) is 3.94. The van der Waals surface area contributed by atoms with Crippen LogP contribution >= 0.6 is 0 Å². The Morgan fingerprint density at radius 2 is 1.80 bits per heavy atom. The summed E-state index contributed by atoms with van der Waals surface area (Å²) < 4.78 is 5.55. The molecule has 35 heavy (non-hydrogen) atoms. The number of hydrogen-bond acceptors (Lipinski definition) is 9. The number of aromatic nitrogens is 2. The van der Waals surface area contributed by atoms with E-state index in [2.05, 4.69) is 9.97 Å². The molecule has 10 nitrogen and oxygen atoms in total. The summed E-state index contributed by atoms with van der Waals surface area (Å²) in [6.45, 7) is 2.58. The van der Waals surface area contributed by atoms with Crippen LogP contribution in [0.25, 0.3) is 11.3 Å². The molecule has 1 aromatic heterocycles. The van der Waals surface area contributed by atoms with E-state index < -0.39 is 12.5 Å². The Hall–Kier alpha value is -3.86. The second-order valence-electron chi connectivity index (χ2n) is 8.29. The maximum atomic E-state index is 11.0. The summed E-state index contributed by atoms with van der Waals surface area (Å²) in [6, 6.07) is 16.5. The van der Waals surface area contributed by atoms with E-state index in [9.17, 15) is 9.90 Å². The van der Waals surface area contributed by atoms with Crippen LogP contribution in [0.5, 0.6) is 0 Å². The highest BCUT2D eigenvalue weighted by Gasteiger charge is 2.21. The minimum Gasteiger partial charge on any atom is -0.453 e. The molecule has 0 saturated carbocycles. The Kier molecular flexibility index (Phi) is 7.66. The summed E-state index contributed by atoms with van der Waals surface area (Å²) in [4.78, 5) is 23.4. The van der Waals surface area contributed by atoms with Crippen molar-refractivity contribution in [3.8, 4) is 11.3 Å². The van der Waals surface area contributed by atoms with E-state index in [-0.39, 0.29) is 17.4 Å². The smallest absolute Gasteiger partial charge is 0.238 e. The Balaban J connectivity index is 1.47. The van der Waals surface area contributed by atoms with Crippen LogP contribution in [-0.2, 0) is 9.53 Å². The fraction of sp³-hybridized carbons (Fsp3) is 0.280. The van der Waals surface area contributed by atoms with Gasteiger partial charge in [-0.15, -0.1) is 0 Å². The molecule has 6 N–H and O–H groups in total. The second kappa shape index (κ2) is 11.0. The Morgan fingerprint density at radius 1 is 1.06 bits per heavy atom. The van der Waals surface area contributed by atoms with Gasteiger partial charge in [-0.25, -0.2) is 9.97 Å². The number of ether oxygens (including phenoxy) is 1. The average Bonchev–Trinajstić information content (AvgIpc) is 3.15. The van der Waals surface area contributed by atoms with E-state index in [0.29, 0.717) is 31.9 Å². The van der Waals surface area contributed by atoms with Crippen molar-refractivity contribution in [2.45, 2.75) is 18.9 Å². The molecule has 0 spiro atoms. The third-order valence-corrected chi connectivity index (χ3v) is 5.95. The minimum absolute atomic E-state index is 0.0663. The zero-order valence-corrected chi connectivity index (χ0v) is 19.2. The number of nitrogens with two attached hydrogens (primary N) is 2. The van der Waals surface area contributed by atoms with Gasteiger partial charge in [-0.05, 0) is 12.0 Å². The number of nitrogen functional groups attached to an aromatic ring is 1. The van der Waals surface area contributed by atoms with Crippen LogP contribution in [0.1, 0.15) is 35.7 Å². The summed E-state index contributed by atoms with van der Waals surface area (Å²) in [7, 11) is 0. The number of hydrogen-bond donors (Lipinski definition) is 4. The van der Waals surface area contributed by atoms with Crippen LogP contribution in [-0.4, -0.2) is 63.4 Å². The van der Waals surface area contributed by atoms with Gasteiger partial charge in [0.05, 0.1) is 11.9 Å². The number of rotatable bonds is 7. The van der Waals surface area contributed by atoms with Crippen LogP contribution in [0.2, 0.25) is 0 Å². The molecule has 0 radical (unpaired) electrons. The van der Waals surface area contributed by atoms with Gasteiger partial charge in [0.2, 0.25) is 12.3 Å². The van der Waals surface area contributed by atoms with Gasteiger partial charge >= 0.3 is 0 Å². The lowest BCUT2D eigenvalue weighted by atomic mass is 10.1. The molecular weight excluding hydrogens is 446 g/mol. The number of aliphatic hydroxyl groups is 1. The maximum Gasteiger partial charge on any atom is 0.238 e. The molecule has 0 aliphatic carbocycles. The molecule has 4 rings (SSSR count). The molecule has 0 bridgehead atoms. The zero-order valence-electron chi connectivity index (χ0n) is 19.2. The van der Waals surface area contributed by atoms with E-state index >= 15 is 0 Å². The average molecular weight is 476 g/mol. The van der Waals surface area contributed by atoms with E-state index in [1.54, 1.807) is 4.90 Å². The molecule has 182 valence electrons. The van der Waals surface area contributed by atoms with Crippen LogP contribution in [0.15, 0.2) is 60.8 Å². The van der Waals surface area contributed by atoms with Crippen molar-refractivity contribution >= 4 is 18.1 Å². The highest BCUT2D eigenvalue weighted by atomic mass is 16.5. The number of anilines is 1. The SMILES string of the molecule is N=C(OC(N)c1ccccc1)c1nc(-c2ccc(C(O)N3CCCN(C=O)CC3)cc2)cnc1N. The first-order chi connectivity index (χ1) is 17.0. The largest absolute Gasteiger partial charge is 0.453 e. The van der Waals surface area contributed by atoms with Crippen molar-refractivity contribution in [2.24, 2.45) is 5.73 Å². The molecule has 1 aliphatic rings. The number of nitrogens with one attached hydrogen (secondary N) is 1. The number of aliphatic hydroxyl groups excluding tert-OH is 1. The van der Waals surface area contributed by atoms with Crippen molar-refractivity contribution in [1.29, 1.82) is 5.41 Å². The number of amides is 1. The lowest BCUT2D eigenvalue weighted by molar-refractivity contribution is -0.118. The molecular formula is C25H29N7O3. The van der Waals surface area contributed by atoms with Gasteiger partial charge in [0, 0.05) is 37.3 Å². The Morgan fingerprint density at radius 3 is 2.51 bits per heavy atom. The van der Waals surface area contributed by atoms with E-state index in [0.717, 1.165) is 29.5 Å². The van der Waals surface area contributed by atoms with Crippen molar-refractivity contribution in [2.75, 3.05) is 31.9 Å². The number of benzene rings is 2. The number of nitrogens with zero attached hydrogens (tertiary/aromatic N) is 4. The molecule has 1 fully saturated rings. The summed E-state index contributed by atoms with van der Waals surface area (Å²) >= 11 is 0. The van der Waals surface area contributed by atoms with E-state index in [1.807, 2.05) is 59.5 Å². The monoisotopic (exact) mass is 475 g/mol. The Bertz CT molecular complexity index is 1160. The van der Waals surface area contributed by atoms with Gasteiger partial charge in [-0.3, -0.25) is 20.8 Å². The van der Waals surface area contributed by atoms with Crippen LogP contribution < -0.4 is 11.5 Å².